The number of hydrogen-bond donors (Lipinski definition) is 4. The van der Waals surface area contributed by atoms with Crippen molar-refractivity contribution in [1.82, 2.24) is 30.0 Å². The van der Waals surface area contributed by atoms with Crippen molar-refractivity contribution in [2.24, 2.45) is 16.2 Å². The number of esters is 4. The zero-order valence-electron chi connectivity index (χ0n) is 63.5. The Morgan fingerprint density at radius 2 is 1.39 bits per heavy atom. The Morgan fingerprint density at radius 3 is 2.10 bits per heavy atom. The first kappa shape index (κ1) is 77.4. The number of thiazole rings is 1. The SMILES string of the molecule is CC(=O)OC[C@H]1O[C@@H](Oc2ccc(COC(=O)N(C)CCOC34CC5(C)CC(C)(CC(Cn6ncc(-c7ccc(N8CCc9cccc(C(=O)Nc%10nc%11ccccc%11s%10)c9C8)nc7C(=O)O)c6C)(C5)C3)C4)cc2NC(=O)CCNC(=O)OCC2c3ccccc3-c3ccccc32)[C@H](OC(C)=O)[C@@H](OC(C)=O)[C@H]1OC(C)=O. The van der Waals surface area contributed by atoms with Gasteiger partial charge in [-0.3, -0.25) is 38.8 Å². The minimum atomic E-state index is -1.69. The van der Waals surface area contributed by atoms with Gasteiger partial charge in [0.05, 0.1) is 34.3 Å². The van der Waals surface area contributed by atoms with E-state index in [4.69, 9.17) is 52.7 Å². The fourth-order valence-corrected chi connectivity index (χ4v) is 19.4. The lowest BCUT2D eigenvalue weighted by atomic mass is 9.39. The van der Waals surface area contributed by atoms with Crippen molar-refractivity contribution in [2.45, 2.75) is 162 Å². The summed E-state index contributed by atoms with van der Waals surface area (Å²) in [4.78, 5) is 131. The molecule has 28 nitrogen and oxygen atoms in total. The summed E-state index contributed by atoms with van der Waals surface area (Å²) < 4.78 is 56.4. The van der Waals surface area contributed by atoms with Crippen LogP contribution in [0.25, 0.3) is 32.5 Å². The zero-order chi connectivity index (χ0) is 79.0. The van der Waals surface area contributed by atoms with E-state index < -0.39 is 90.9 Å². The highest BCUT2D eigenvalue weighted by Gasteiger charge is 2.66. The number of hydrogen-bond acceptors (Lipinski definition) is 23. The standard InChI is InChI=1S/C83H89N9O19S/c1-47-60(58-25-27-68(88-70(58)75(99)100)91-31-29-53-16-15-21-59(61(53)36-91)74(98)89-77-87-63-22-13-14-23-67(63)112-77)35-85-92(47)46-82-41-80(6)40-81(7,42-82)44-83(43-80,45-82)106-33-32-90(8)79(102)105-37-52-24-26-65(110-76-73(109-51(5)96)72(108-50(4)95)71(107-49(3)94)66(111-76)39-103-48(2)93)64(34-52)86-69(97)28-30-84-78(101)104-38-62-56-19-11-9-17-54(56)55-18-10-12-20-57(55)62/h9-27,34-35,62,66,71-73,76H,28-33,36-46H2,1-8H3,(H,84,101)(H,86,97)(H,99,100)(H,87,89,98)/t66-,71+,72+,73-,76-,80?,81?,82?,83?/m1/s1. The molecule has 5 heterocycles. The minimum Gasteiger partial charge on any atom is -0.476 e. The van der Waals surface area contributed by atoms with E-state index in [-0.39, 0.29) is 84.5 Å². The molecule has 1 saturated heterocycles. The van der Waals surface area contributed by atoms with Crippen molar-refractivity contribution in [3.05, 3.63) is 172 Å². The van der Waals surface area contributed by atoms with E-state index in [2.05, 4.69) is 34.8 Å². The van der Waals surface area contributed by atoms with Gasteiger partial charge >= 0.3 is 42.0 Å². The minimum absolute atomic E-state index is 0.00833. The lowest BCUT2D eigenvalue weighted by Gasteiger charge is -2.69. The predicted octanol–water partition coefficient (Wildman–Crippen LogP) is 12.1. The van der Waals surface area contributed by atoms with Gasteiger partial charge in [0.15, 0.2) is 23.0 Å². The van der Waals surface area contributed by atoms with Crippen LogP contribution in [0, 0.1) is 23.2 Å². The Morgan fingerprint density at radius 1 is 0.696 bits per heavy atom. The number of carboxylic acid groups (broad SMARTS) is 1. The summed E-state index contributed by atoms with van der Waals surface area (Å²) >= 11 is 1.40. The maximum absolute atomic E-state index is 14.0. The molecular weight excluding hydrogens is 1460 g/mol. The number of rotatable bonds is 26. The van der Waals surface area contributed by atoms with Crippen LogP contribution in [0.1, 0.15) is 147 Å². The van der Waals surface area contributed by atoms with Gasteiger partial charge in [0.1, 0.15) is 37.5 Å². The smallest absolute Gasteiger partial charge is 0.409 e. The Kier molecular flexibility index (Phi) is 22.0. The molecule has 8 aromatic rings. The van der Waals surface area contributed by atoms with Crippen LogP contribution >= 0.6 is 11.3 Å². The van der Waals surface area contributed by atoms with Crippen LogP contribution < -0.4 is 25.6 Å². The van der Waals surface area contributed by atoms with Gasteiger partial charge in [-0.1, -0.05) is 104 Å². The Labute approximate surface area is 650 Å². The van der Waals surface area contributed by atoms with Gasteiger partial charge in [-0.05, 0) is 150 Å². The highest BCUT2D eigenvalue weighted by Crippen LogP contribution is 2.72. The molecule has 5 aliphatic carbocycles. The summed E-state index contributed by atoms with van der Waals surface area (Å²) in [5.74, 6) is -5.18. The molecule has 4 saturated carbocycles. The van der Waals surface area contributed by atoms with Crippen LogP contribution in [-0.4, -0.2) is 166 Å². The van der Waals surface area contributed by atoms with E-state index in [1.54, 1.807) is 31.4 Å². The van der Waals surface area contributed by atoms with Gasteiger partial charge in [-0.15, -0.1) is 0 Å². The van der Waals surface area contributed by atoms with Crippen molar-refractivity contribution in [2.75, 3.05) is 62.0 Å². The Balaban J connectivity index is 0.630. The maximum Gasteiger partial charge on any atom is 0.409 e. The number of alkyl carbamates (subject to hydrolysis) is 1. The molecule has 5 aromatic carbocycles. The van der Waals surface area contributed by atoms with Crippen LogP contribution in [0.2, 0.25) is 0 Å². The van der Waals surface area contributed by atoms with Gasteiger partial charge in [0.2, 0.25) is 18.3 Å². The van der Waals surface area contributed by atoms with E-state index in [1.165, 1.54) is 28.4 Å². The number of aromatic nitrogens is 4. The number of fused-ring (bicyclic) bond motifs is 5. The number of aromatic carboxylic acids is 1. The van der Waals surface area contributed by atoms with Gasteiger partial charge in [0, 0.05) is 102 Å². The summed E-state index contributed by atoms with van der Waals surface area (Å²) in [7, 11) is 1.61. The highest BCUT2D eigenvalue weighted by molar-refractivity contribution is 7.22. The normalized spacial score (nSPS) is 23.1. The van der Waals surface area contributed by atoms with Crippen LogP contribution in [0.4, 0.5) is 26.2 Å². The first-order valence-electron chi connectivity index (χ1n) is 37.4. The van der Waals surface area contributed by atoms with Crippen molar-refractivity contribution >= 4 is 92.0 Å². The molecule has 7 aliphatic rings. The number of anilines is 3. The highest BCUT2D eigenvalue weighted by atomic mass is 32.1. The fraction of sp³-hybridized carbons (Fsp3) is 0.422. The monoisotopic (exact) mass is 1550 g/mol. The zero-order valence-corrected chi connectivity index (χ0v) is 64.3. The number of ether oxygens (including phenoxy) is 9. The second-order valence-corrected chi connectivity index (χ2v) is 32.0. The molecule has 29 heteroatoms. The van der Waals surface area contributed by atoms with Crippen LogP contribution in [0.15, 0.2) is 128 Å². The third-order valence-electron chi connectivity index (χ3n) is 22.0. The van der Waals surface area contributed by atoms with Gasteiger partial charge in [0.25, 0.3) is 5.91 Å². The number of carbonyl (C=O) groups is 9. The second-order valence-electron chi connectivity index (χ2n) is 31.0. The van der Waals surface area contributed by atoms with Crippen molar-refractivity contribution < 1.29 is 90.9 Å². The molecule has 0 spiro atoms. The van der Waals surface area contributed by atoms with E-state index in [1.807, 2.05) is 108 Å². The van der Waals surface area contributed by atoms with Crippen molar-refractivity contribution in [3.63, 3.8) is 0 Å². The lowest BCUT2D eigenvalue weighted by molar-refractivity contribution is -0.288. The van der Waals surface area contributed by atoms with Gasteiger partial charge in [-0.2, -0.15) is 5.10 Å². The predicted molar refractivity (Wildman–Crippen MR) is 409 cm³/mol. The van der Waals surface area contributed by atoms with Gasteiger partial charge < -0.3 is 68.2 Å². The molecule has 4 N–H and O–H groups in total. The summed E-state index contributed by atoms with van der Waals surface area (Å²) in [5.41, 5.74) is 8.67. The van der Waals surface area contributed by atoms with E-state index >= 15 is 0 Å². The number of carboxylic acids is 1. The summed E-state index contributed by atoms with van der Waals surface area (Å²) in [6, 6.07) is 37.3. The topological polar surface area (TPSA) is 343 Å². The van der Waals surface area contributed by atoms with E-state index in [0.717, 1.165) is 116 Å². The molecule has 5 fully saturated rings. The number of pyridine rings is 1. The fourth-order valence-electron chi connectivity index (χ4n) is 18.6. The lowest BCUT2D eigenvalue weighted by Crippen LogP contribution is -2.64. The molecule has 4 bridgehead atoms. The maximum atomic E-state index is 14.0. The number of amides is 4. The molecule has 586 valence electrons. The second kappa shape index (κ2) is 31.8. The number of nitrogens with one attached hydrogen (secondary N) is 3. The molecule has 2 aliphatic heterocycles. The first-order chi connectivity index (χ1) is 53.6. The van der Waals surface area contributed by atoms with E-state index in [0.29, 0.717) is 59.3 Å². The molecule has 4 amide bonds. The number of para-hydroxylation sites is 1. The molecule has 2 unspecified atom stereocenters. The third kappa shape index (κ3) is 16.8. The average molecular weight is 1550 g/mol. The molecule has 7 atom stereocenters. The number of nitrogens with zero attached hydrogens (tertiary/aromatic N) is 6. The summed E-state index contributed by atoms with van der Waals surface area (Å²) in [6.45, 7) is 11.9. The molecular formula is C83H89N9O19S. The summed E-state index contributed by atoms with van der Waals surface area (Å²) in [6.07, 6.45) is -1.76. The largest absolute Gasteiger partial charge is 0.476 e. The third-order valence-corrected chi connectivity index (χ3v) is 22.9. The van der Waals surface area contributed by atoms with Crippen LogP contribution in [0.5, 0.6) is 5.75 Å². The van der Waals surface area contributed by atoms with Crippen molar-refractivity contribution in [3.8, 4) is 28.0 Å². The molecule has 0 radical (unpaired) electrons. The number of carbonyl (C=O) groups excluding carboxylic acids is 8. The van der Waals surface area contributed by atoms with Crippen molar-refractivity contribution in [1.29, 1.82) is 0 Å². The summed E-state index contributed by atoms with van der Waals surface area (Å²) in [5, 5.41) is 24.7. The van der Waals surface area contributed by atoms with E-state index in [9.17, 15) is 48.3 Å². The Hall–Kier alpha value is -11.3. The van der Waals surface area contributed by atoms with Gasteiger partial charge in [-0.25, -0.2) is 24.4 Å². The average Bonchev–Trinajstić information content (AvgIpc) is 0.714. The number of likely N-dealkylation sites (N-methyl/N-ethyl adjacent to an activating group) is 1. The Bertz CT molecular complexity index is 4920. The molecule has 15 rings (SSSR count). The first-order valence-corrected chi connectivity index (χ1v) is 38.2. The molecule has 3 aromatic heterocycles. The van der Waals surface area contributed by atoms with Crippen LogP contribution in [0.3, 0.4) is 0 Å². The van der Waals surface area contributed by atoms with Crippen LogP contribution in [-0.2, 0) is 88.0 Å². The number of benzene rings is 5. The molecule has 112 heavy (non-hydrogen) atoms. The quantitative estimate of drug-likeness (QED) is 0.0289.